The molecular formula is C28H28N2O2. The number of carbonyl (C=O) groups is 1. The van der Waals surface area contributed by atoms with E-state index in [1.807, 2.05) is 4.90 Å². The average Bonchev–Trinajstić information content (AvgIpc) is 3.62. The Morgan fingerprint density at radius 3 is 2.38 bits per heavy atom. The van der Waals surface area contributed by atoms with Gasteiger partial charge in [-0.25, -0.2) is 4.79 Å². The molecule has 1 heterocycles. The van der Waals surface area contributed by atoms with E-state index in [2.05, 4.69) is 72.0 Å². The van der Waals surface area contributed by atoms with E-state index in [1.54, 1.807) is 0 Å². The minimum absolute atomic E-state index is 0.0988. The number of amides is 1. The third-order valence-corrected chi connectivity index (χ3v) is 7.12. The highest BCUT2D eigenvalue weighted by atomic mass is 16.6. The maximum absolute atomic E-state index is 13.1. The molecule has 3 aromatic carbocycles. The van der Waals surface area contributed by atoms with Gasteiger partial charge in [0.25, 0.3) is 0 Å². The summed E-state index contributed by atoms with van der Waals surface area (Å²) in [6.07, 6.45) is 3.24. The fourth-order valence-electron chi connectivity index (χ4n) is 5.20. The quantitative estimate of drug-likeness (QED) is 0.609. The van der Waals surface area contributed by atoms with Crippen LogP contribution in [0.25, 0.3) is 11.1 Å². The molecule has 1 N–H and O–H groups in total. The molecule has 0 aromatic heterocycles. The Morgan fingerprint density at radius 1 is 0.938 bits per heavy atom. The normalized spacial score (nSPS) is 16.9. The van der Waals surface area contributed by atoms with Crippen molar-refractivity contribution in [2.45, 2.75) is 44.3 Å². The molecule has 4 heteroatoms. The van der Waals surface area contributed by atoms with Crippen LogP contribution in [0, 0.1) is 0 Å². The number of nitrogens with zero attached hydrogens (tertiary/aromatic N) is 1. The highest BCUT2D eigenvalue weighted by Crippen LogP contribution is 2.44. The minimum atomic E-state index is -0.206. The molecule has 1 fully saturated rings. The maximum Gasteiger partial charge on any atom is 0.410 e. The van der Waals surface area contributed by atoms with Gasteiger partial charge in [0.1, 0.15) is 6.61 Å². The molecule has 32 heavy (non-hydrogen) atoms. The molecule has 1 aliphatic heterocycles. The Kier molecular flexibility index (Phi) is 4.95. The van der Waals surface area contributed by atoms with Gasteiger partial charge in [0, 0.05) is 31.6 Å². The second-order valence-electron chi connectivity index (χ2n) is 9.19. The minimum Gasteiger partial charge on any atom is -0.448 e. The summed E-state index contributed by atoms with van der Waals surface area (Å²) >= 11 is 0. The van der Waals surface area contributed by atoms with E-state index in [0.717, 1.165) is 13.0 Å². The summed E-state index contributed by atoms with van der Waals surface area (Å²) in [5, 5.41) is 3.61. The highest BCUT2D eigenvalue weighted by molar-refractivity contribution is 5.79. The van der Waals surface area contributed by atoms with Crippen LogP contribution in [0.5, 0.6) is 0 Å². The standard InChI is InChI=1S/C28H28N2O2/c31-28(30-15-14-19-6-5-7-20(26(19)17-30)16-29-21-12-13-21)32-18-27-24-10-3-1-8-22(24)23-9-2-4-11-25(23)27/h1-11,21,27,29H,12-18H2. The zero-order valence-electron chi connectivity index (χ0n) is 18.2. The lowest BCUT2D eigenvalue weighted by Gasteiger charge is -2.30. The molecule has 0 radical (unpaired) electrons. The number of fused-ring (bicyclic) bond motifs is 4. The largest absolute Gasteiger partial charge is 0.448 e. The number of hydrogen-bond donors (Lipinski definition) is 1. The smallest absolute Gasteiger partial charge is 0.410 e. The first kappa shape index (κ1) is 19.6. The predicted octanol–water partition coefficient (Wildman–Crippen LogP) is 5.25. The first-order valence-corrected chi connectivity index (χ1v) is 11.7. The first-order chi connectivity index (χ1) is 15.8. The molecule has 1 saturated carbocycles. The third kappa shape index (κ3) is 3.59. The maximum atomic E-state index is 13.1. The number of hydrogen-bond acceptors (Lipinski definition) is 3. The summed E-state index contributed by atoms with van der Waals surface area (Å²) in [5.74, 6) is 0.0988. The topological polar surface area (TPSA) is 41.6 Å². The van der Waals surface area contributed by atoms with Crippen molar-refractivity contribution in [3.8, 4) is 11.1 Å². The van der Waals surface area contributed by atoms with Gasteiger partial charge >= 0.3 is 6.09 Å². The number of nitrogens with one attached hydrogen (secondary N) is 1. The third-order valence-electron chi connectivity index (χ3n) is 7.12. The molecule has 3 aliphatic rings. The summed E-state index contributed by atoms with van der Waals surface area (Å²) in [6.45, 7) is 2.60. The van der Waals surface area contributed by atoms with E-state index in [1.165, 1.54) is 51.8 Å². The van der Waals surface area contributed by atoms with E-state index in [4.69, 9.17) is 4.74 Å². The fourth-order valence-corrected chi connectivity index (χ4v) is 5.20. The summed E-state index contributed by atoms with van der Waals surface area (Å²) in [7, 11) is 0. The zero-order chi connectivity index (χ0) is 21.5. The van der Waals surface area contributed by atoms with Crippen LogP contribution in [0.3, 0.4) is 0 Å². The SMILES string of the molecule is O=C(OCC1c2ccccc2-c2ccccc21)N1CCc2cccc(CNC3CC3)c2C1. The van der Waals surface area contributed by atoms with E-state index in [9.17, 15) is 4.79 Å². The molecular weight excluding hydrogens is 396 g/mol. The van der Waals surface area contributed by atoms with E-state index in [-0.39, 0.29) is 12.0 Å². The monoisotopic (exact) mass is 424 g/mol. The van der Waals surface area contributed by atoms with Gasteiger partial charge in [0.15, 0.2) is 0 Å². The van der Waals surface area contributed by atoms with Crippen molar-refractivity contribution < 1.29 is 9.53 Å². The zero-order valence-corrected chi connectivity index (χ0v) is 18.2. The van der Waals surface area contributed by atoms with Gasteiger partial charge in [0.2, 0.25) is 0 Å². The molecule has 6 rings (SSSR count). The molecule has 0 unspecified atom stereocenters. The molecule has 3 aromatic rings. The Labute approximate surface area is 189 Å². The van der Waals surface area contributed by atoms with Crippen molar-refractivity contribution in [2.24, 2.45) is 0 Å². The summed E-state index contributed by atoms with van der Waals surface area (Å²) < 4.78 is 5.91. The van der Waals surface area contributed by atoms with Gasteiger partial charge in [-0.1, -0.05) is 66.7 Å². The van der Waals surface area contributed by atoms with Crippen molar-refractivity contribution in [3.63, 3.8) is 0 Å². The van der Waals surface area contributed by atoms with Crippen LogP contribution in [0.4, 0.5) is 4.79 Å². The fraction of sp³-hybridized carbons (Fsp3) is 0.321. The predicted molar refractivity (Wildman–Crippen MR) is 125 cm³/mol. The Bertz CT molecular complexity index is 1120. The van der Waals surface area contributed by atoms with E-state index >= 15 is 0 Å². The van der Waals surface area contributed by atoms with Crippen molar-refractivity contribution in [1.29, 1.82) is 0 Å². The number of ether oxygens (including phenoxy) is 1. The molecule has 0 atom stereocenters. The van der Waals surface area contributed by atoms with Gasteiger partial charge in [0.05, 0.1) is 0 Å². The Balaban J connectivity index is 1.16. The molecule has 0 saturated heterocycles. The molecule has 2 aliphatic carbocycles. The van der Waals surface area contributed by atoms with E-state index in [0.29, 0.717) is 25.7 Å². The molecule has 0 spiro atoms. The van der Waals surface area contributed by atoms with Crippen molar-refractivity contribution in [3.05, 3.63) is 94.5 Å². The number of benzene rings is 3. The van der Waals surface area contributed by atoms with Gasteiger partial charge in [-0.3, -0.25) is 0 Å². The van der Waals surface area contributed by atoms with Crippen LogP contribution in [0.15, 0.2) is 66.7 Å². The van der Waals surface area contributed by atoms with Gasteiger partial charge in [-0.15, -0.1) is 0 Å². The first-order valence-electron chi connectivity index (χ1n) is 11.7. The number of carbonyl (C=O) groups excluding carboxylic acids is 1. The molecule has 1 amide bonds. The Morgan fingerprint density at radius 2 is 1.66 bits per heavy atom. The highest BCUT2D eigenvalue weighted by Gasteiger charge is 2.30. The molecule has 162 valence electrons. The van der Waals surface area contributed by atoms with Gasteiger partial charge < -0.3 is 15.0 Å². The van der Waals surface area contributed by atoms with Crippen LogP contribution >= 0.6 is 0 Å². The van der Waals surface area contributed by atoms with Crippen LogP contribution in [0.1, 0.15) is 46.6 Å². The van der Waals surface area contributed by atoms with Crippen molar-refractivity contribution in [1.82, 2.24) is 10.2 Å². The summed E-state index contributed by atoms with van der Waals surface area (Å²) in [5.41, 5.74) is 8.97. The summed E-state index contributed by atoms with van der Waals surface area (Å²) in [6, 6.07) is 24.1. The number of rotatable bonds is 5. The lowest BCUT2D eigenvalue weighted by Crippen LogP contribution is -2.37. The van der Waals surface area contributed by atoms with Crippen LogP contribution < -0.4 is 5.32 Å². The average molecular weight is 425 g/mol. The second kappa shape index (κ2) is 8.10. The lowest BCUT2D eigenvalue weighted by molar-refractivity contribution is 0.0952. The Hall–Kier alpha value is -3.11. The van der Waals surface area contributed by atoms with E-state index < -0.39 is 0 Å². The van der Waals surface area contributed by atoms with Crippen LogP contribution in [-0.2, 0) is 24.2 Å². The van der Waals surface area contributed by atoms with Crippen molar-refractivity contribution >= 4 is 6.09 Å². The lowest BCUT2D eigenvalue weighted by atomic mass is 9.95. The van der Waals surface area contributed by atoms with Gasteiger partial charge in [-0.05, 0) is 58.2 Å². The van der Waals surface area contributed by atoms with Crippen LogP contribution in [-0.4, -0.2) is 30.2 Å². The summed E-state index contributed by atoms with van der Waals surface area (Å²) in [4.78, 5) is 14.9. The second-order valence-corrected chi connectivity index (χ2v) is 9.19. The van der Waals surface area contributed by atoms with Crippen LogP contribution in [0.2, 0.25) is 0 Å². The van der Waals surface area contributed by atoms with Crippen molar-refractivity contribution in [2.75, 3.05) is 13.2 Å². The van der Waals surface area contributed by atoms with Gasteiger partial charge in [-0.2, -0.15) is 0 Å². The molecule has 4 nitrogen and oxygen atoms in total. The molecule has 0 bridgehead atoms.